The number of hydrogen-bond acceptors (Lipinski definition) is 3. The van der Waals surface area contributed by atoms with Crippen LogP contribution in [0.25, 0.3) is 0 Å². The van der Waals surface area contributed by atoms with Gasteiger partial charge in [0.15, 0.2) is 0 Å². The maximum Gasteiger partial charge on any atom is 0.230 e. The molecule has 0 aliphatic rings. The average molecular weight is 294 g/mol. The van der Waals surface area contributed by atoms with Crippen LogP contribution in [-0.2, 0) is 10.2 Å². The van der Waals surface area contributed by atoms with E-state index in [-0.39, 0.29) is 5.91 Å². The summed E-state index contributed by atoms with van der Waals surface area (Å²) in [6.45, 7) is 4.65. The first-order valence-corrected chi connectivity index (χ1v) is 8.51. The van der Waals surface area contributed by atoms with E-state index in [9.17, 15) is 4.79 Å². The number of benzene rings is 1. The SMILES string of the molecule is CSCCCCCNC(=O)C(C)(C)c1ccc(N)cc1. The number of nitrogens with two attached hydrogens (primary N) is 1. The Labute approximate surface area is 126 Å². The van der Waals surface area contributed by atoms with Crippen molar-refractivity contribution in [1.29, 1.82) is 0 Å². The highest BCUT2D eigenvalue weighted by atomic mass is 32.2. The van der Waals surface area contributed by atoms with Crippen LogP contribution >= 0.6 is 11.8 Å². The van der Waals surface area contributed by atoms with E-state index in [2.05, 4.69) is 11.6 Å². The Morgan fingerprint density at radius 3 is 2.45 bits per heavy atom. The van der Waals surface area contributed by atoms with Gasteiger partial charge in [-0.25, -0.2) is 0 Å². The Morgan fingerprint density at radius 2 is 1.85 bits per heavy atom. The predicted octanol–water partition coefficient (Wildman–Crippen LogP) is 3.20. The zero-order valence-corrected chi connectivity index (χ0v) is 13.6. The first kappa shape index (κ1) is 16.9. The lowest BCUT2D eigenvalue weighted by molar-refractivity contribution is -0.125. The molecule has 0 saturated heterocycles. The zero-order chi connectivity index (χ0) is 15.0. The molecule has 0 aliphatic heterocycles. The lowest BCUT2D eigenvalue weighted by Gasteiger charge is -2.24. The molecular formula is C16H26N2OS. The summed E-state index contributed by atoms with van der Waals surface area (Å²) in [4.78, 5) is 12.3. The Balaban J connectivity index is 2.43. The van der Waals surface area contributed by atoms with Gasteiger partial charge < -0.3 is 11.1 Å². The number of hydrogen-bond donors (Lipinski definition) is 2. The number of rotatable bonds is 8. The van der Waals surface area contributed by atoms with Crippen molar-refractivity contribution in [1.82, 2.24) is 5.32 Å². The van der Waals surface area contributed by atoms with Crippen LogP contribution in [0.1, 0.15) is 38.7 Å². The van der Waals surface area contributed by atoms with Crippen molar-refractivity contribution in [2.45, 2.75) is 38.5 Å². The minimum Gasteiger partial charge on any atom is -0.399 e. The van der Waals surface area contributed by atoms with E-state index in [1.54, 1.807) is 0 Å². The van der Waals surface area contributed by atoms with Crippen LogP contribution in [0.2, 0.25) is 0 Å². The van der Waals surface area contributed by atoms with Gasteiger partial charge in [-0.15, -0.1) is 0 Å². The van der Waals surface area contributed by atoms with E-state index in [0.29, 0.717) is 0 Å². The predicted molar refractivity (Wildman–Crippen MR) is 89.1 cm³/mol. The fourth-order valence-corrected chi connectivity index (χ4v) is 2.49. The molecule has 0 radical (unpaired) electrons. The second-order valence-electron chi connectivity index (χ2n) is 5.56. The highest BCUT2D eigenvalue weighted by molar-refractivity contribution is 7.98. The lowest BCUT2D eigenvalue weighted by Crippen LogP contribution is -2.40. The van der Waals surface area contributed by atoms with E-state index in [1.165, 1.54) is 18.6 Å². The summed E-state index contributed by atoms with van der Waals surface area (Å²) >= 11 is 1.87. The molecule has 3 nitrogen and oxygen atoms in total. The van der Waals surface area contributed by atoms with Crippen LogP contribution in [0.3, 0.4) is 0 Å². The molecule has 0 saturated carbocycles. The van der Waals surface area contributed by atoms with Gasteiger partial charge >= 0.3 is 0 Å². The quantitative estimate of drug-likeness (QED) is 0.572. The van der Waals surface area contributed by atoms with Crippen LogP contribution in [0.15, 0.2) is 24.3 Å². The summed E-state index contributed by atoms with van der Waals surface area (Å²) in [7, 11) is 0. The standard InChI is InChI=1S/C16H26N2OS/c1-16(2,13-7-9-14(17)10-8-13)15(19)18-11-5-4-6-12-20-3/h7-10H,4-6,11-12,17H2,1-3H3,(H,18,19). The summed E-state index contributed by atoms with van der Waals surface area (Å²) < 4.78 is 0. The Hall–Kier alpha value is -1.16. The largest absolute Gasteiger partial charge is 0.399 e. The second-order valence-corrected chi connectivity index (χ2v) is 6.54. The van der Waals surface area contributed by atoms with Gasteiger partial charge in [0.05, 0.1) is 5.41 Å². The average Bonchev–Trinajstić information content (AvgIpc) is 2.43. The third-order valence-electron chi connectivity index (χ3n) is 3.51. The molecule has 4 heteroatoms. The van der Waals surface area contributed by atoms with Crippen molar-refractivity contribution >= 4 is 23.4 Å². The van der Waals surface area contributed by atoms with Crippen molar-refractivity contribution in [2.75, 3.05) is 24.3 Å². The third-order valence-corrected chi connectivity index (χ3v) is 4.21. The fraction of sp³-hybridized carbons (Fsp3) is 0.562. The van der Waals surface area contributed by atoms with Crippen LogP contribution in [-0.4, -0.2) is 24.5 Å². The van der Waals surface area contributed by atoms with Gasteiger partial charge in [0.25, 0.3) is 0 Å². The normalized spacial score (nSPS) is 11.3. The van der Waals surface area contributed by atoms with Gasteiger partial charge in [-0.3, -0.25) is 4.79 Å². The molecule has 0 atom stereocenters. The molecule has 112 valence electrons. The lowest BCUT2D eigenvalue weighted by atomic mass is 9.83. The molecule has 3 N–H and O–H groups in total. The molecule has 1 aromatic rings. The molecule has 1 aromatic carbocycles. The smallest absolute Gasteiger partial charge is 0.230 e. The number of unbranched alkanes of at least 4 members (excludes halogenated alkanes) is 2. The molecule has 0 aromatic heterocycles. The van der Waals surface area contributed by atoms with Crippen LogP contribution in [0, 0.1) is 0 Å². The monoisotopic (exact) mass is 294 g/mol. The van der Waals surface area contributed by atoms with E-state index in [0.717, 1.165) is 24.2 Å². The van der Waals surface area contributed by atoms with Crippen LogP contribution in [0.5, 0.6) is 0 Å². The maximum atomic E-state index is 12.3. The van der Waals surface area contributed by atoms with Crippen LogP contribution < -0.4 is 11.1 Å². The zero-order valence-electron chi connectivity index (χ0n) is 12.7. The summed E-state index contributed by atoms with van der Waals surface area (Å²) in [5.41, 5.74) is 6.87. The molecule has 1 amide bonds. The molecule has 0 aliphatic carbocycles. The van der Waals surface area contributed by atoms with Crippen LogP contribution in [0.4, 0.5) is 5.69 Å². The Kier molecular flexibility index (Phi) is 6.93. The Morgan fingerprint density at radius 1 is 1.20 bits per heavy atom. The molecular weight excluding hydrogens is 268 g/mol. The van der Waals surface area contributed by atoms with E-state index in [1.807, 2.05) is 49.9 Å². The molecule has 0 heterocycles. The maximum absolute atomic E-state index is 12.3. The first-order valence-electron chi connectivity index (χ1n) is 7.11. The van der Waals surface area contributed by atoms with Crippen molar-refractivity contribution in [3.8, 4) is 0 Å². The third kappa shape index (κ3) is 5.08. The first-order chi connectivity index (χ1) is 9.48. The number of anilines is 1. The van der Waals surface area contributed by atoms with Crippen molar-refractivity contribution < 1.29 is 4.79 Å². The van der Waals surface area contributed by atoms with E-state index < -0.39 is 5.41 Å². The second kappa shape index (κ2) is 8.20. The van der Waals surface area contributed by atoms with Gasteiger partial charge in [-0.1, -0.05) is 18.6 Å². The number of amides is 1. The number of carbonyl (C=O) groups is 1. The van der Waals surface area contributed by atoms with Crippen molar-refractivity contribution in [3.63, 3.8) is 0 Å². The van der Waals surface area contributed by atoms with Gasteiger partial charge in [0.2, 0.25) is 5.91 Å². The summed E-state index contributed by atoms with van der Waals surface area (Å²) in [6.07, 6.45) is 5.56. The highest BCUT2D eigenvalue weighted by Gasteiger charge is 2.29. The summed E-state index contributed by atoms with van der Waals surface area (Å²) in [6, 6.07) is 7.53. The van der Waals surface area contributed by atoms with Crippen molar-refractivity contribution in [2.24, 2.45) is 0 Å². The summed E-state index contributed by atoms with van der Waals surface area (Å²) in [5.74, 6) is 1.28. The molecule has 0 spiro atoms. The fourth-order valence-electron chi connectivity index (χ4n) is 2.00. The topological polar surface area (TPSA) is 55.1 Å². The number of carbonyl (C=O) groups excluding carboxylic acids is 1. The van der Waals surface area contributed by atoms with Gasteiger partial charge in [0.1, 0.15) is 0 Å². The van der Waals surface area contributed by atoms with Gasteiger partial charge in [-0.2, -0.15) is 11.8 Å². The molecule has 20 heavy (non-hydrogen) atoms. The molecule has 0 bridgehead atoms. The molecule has 1 rings (SSSR count). The highest BCUT2D eigenvalue weighted by Crippen LogP contribution is 2.24. The number of nitrogen functional groups attached to an aromatic ring is 1. The van der Waals surface area contributed by atoms with E-state index in [4.69, 9.17) is 5.73 Å². The van der Waals surface area contributed by atoms with Crippen molar-refractivity contribution in [3.05, 3.63) is 29.8 Å². The number of thioether (sulfide) groups is 1. The molecule has 0 unspecified atom stereocenters. The number of nitrogens with one attached hydrogen (secondary N) is 1. The summed E-state index contributed by atoms with van der Waals surface area (Å²) in [5, 5.41) is 3.04. The van der Waals surface area contributed by atoms with E-state index >= 15 is 0 Å². The minimum absolute atomic E-state index is 0.0761. The minimum atomic E-state index is -0.521. The Bertz CT molecular complexity index is 415. The molecule has 0 fully saturated rings. The van der Waals surface area contributed by atoms with Gasteiger partial charge in [0, 0.05) is 12.2 Å². The van der Waals surface area contributed by atoms with Gasteiger partial charge in [-0.05, 0) is 56.4 Å².